The SMILES string of the molecule is Cc1cnc(N[C@H]2CC[C@@H](CNC(=O)Nc3cccc(Cl)c3Cl)CC2)nc1N(C)C. The molecule has 2 aromatic rings. The maximum atomic E-state index is 12.2. The minimum absolute atomic E-state index is 0.274. The van der Waals surface area contributed by atoms with Crippen LogP contribution in [0.15, 0.2) is 24.4 Å². The van der Waals surface area contributed by atoms with Crippen LogP contribution in [0.5, 0.6) is 0 Å². The first-order chi connectivity index (χ1) is 14.3. The van der Waals surface area contributed by atoms with E-state index in [9.17, 15) is 4.79 Å². The molecule has 162 valence electrons. The maximum absolute atomic E-state index is 12.2. The topological polar surface area (TPSA) is 82.2 Å². The largest absolute Gasteiger partial charge is 0.362 e. The summed E-state index contributed by atoms with van der Waals surface area (Å²) in [5.41, 5.74) is 1.56. The molecule has 1 saturated carbocycles. The summed E-state index contributed by atoms with van der Waals surface area (Å²) in [6, 6.07) is 5.22. The molecule has 1 aromatic carbocycles. The number of urea groups is 1. The second kappa shape index (κ2) is 10.2. The average molecular weight is 451 g/mol. The molecule has 1 aliphatic carbocycles. The van der Waals surface area contributed by atoms with E-state index in [-0.39, 0.29) is 6.03 Å². The standard InChI is InChI=1S/C21H28Cl2N6O/c1-13-11-24-20(28-19(13)29(2)3)26-15-9-7-14(8-10-15)12-25-21(30)27-17-6-4-5-16(22)18(17)23/h4-6,11,14-15H,7-10,12H2,1-3H3,(H,24,26,28)(H2,25,27,30)/t14-,15+. The number of aromatic nitrogens is 2. The van der Waals surface area contributed by atoms with Crippen LogP contribution in [0.1, 0.15) is 31.2 Å². The van der Waals surface area contributed by atoms with E-state index in [2.05, 4.69) is 25.9 Å². The average Bonchev–Trinajstić information content (AvgIpc) is 2.72. The van der Waals surface area contributed by atoms with Crippen molar-refractivity contribution < 1.29 is 4.79 Å². The first-order valence-corrected chi connectivity index (χ1v) is 10.9. The predicted octanol–water partition coefficient (Wildman–Crippen LogP) is 4.95. The summed E-state index contributed by atoms with van der Waals surface area (Å²) in [7, 11) is 3.96. The second-order valence-electron chi connectivity index (χ2n) is 7.89. The Morgan fingerprint density at radius 1 is 1.20 bits per heavy atom. The quantitative estimate of drug-likeness (QED) is 0.579. The molecule has 0 unspecified atom stereocenters. The van der Waals surface area contributed by atoms with Crippen molar-refractivity contribution in [1.29, 1.82) is 0 Å². The van der Waals surface area contributed by atoms with Crippen LogP contribution in [0.2, 0.25) is 10.0 Å². The highest BCUT2D eigenvalue weighted by molar-refractivity contribution is 6.43. The van der Waals surface area contributed by atoms with E-state index in [4.69, 9.17) is 23.2 Å². The van der Waals surface area contributed by atoms with Crippen molar-refractivity contribution in [3.8, 4) is 0 Å². The number of aryl methyl sites for hydroxylation is 1. The number of rotatable bonds is 6. The van der Waals surface area contributed by atoms with Crippen LogP contribution in [-0.2, 0) is 0 Å². The number of nitrogens with one attached hydrogen (secondary N) is 3. The Labute approximate surface area is 187 Å². The van der Waals surface area contributed by atoms with Gasteiger partial charge in [-0.15, -0.1) is 0 Å². The van der Waals surface area contributed by atoms with Gasteiger partial charge in [-0.1, -0.05) is 29.3 Å². The summed E-state index contributed by atoms with van der Waals surface area (Å²) in [5.74, 6) is 2.04. The summed E-state index contributed by atoms with van der Waals surface area (Å²) < 4.78 is 0. The molecule has 30 heavy (non-hydrogen) atoms. The summed E-state index contributed by atoms with van der Waals surface area (Å²) in [6.45, 7) is 2.64. The van der Waals surface area contributed by atoms with Gasteiger partial charge >= 0.3 is 6.03 Å². The minimum Gasteiger partial charge on any atom is -0.362 e. The van der Waals surface area contributed by atoms with E-state index in [1.54, 1.807) is 18.2 Å². The molecular formula is C21H28Cl2N6O. The van der Waals surface area contributed by atoms with Gasteiger partial charge in [-0.3, -0.25) is 0 Å². The maximum Gasteiger partial charge on any atom is 0.319 e. The molecule has 1 heterocycles. The zero-order valence-electron chi connectivity index (χ0n) is 17.5. The highest BCUT2D eigenvalue weighted by Gasteiger charge is 2.22. The molecule has 2 amide bonds. The fraction of sp³-hybridized carbons (Fsp3) is 0.476. The van der Waals surface area contributed by atoms with Crippen LogP contribution < -0.4 is 20.9 Å². The Balaban J connectivity index is 1.43. The highest BCUT2D eigenvalue weighted by Crippen LogP contribution is 2.30. The molecule has 1 aromatic heterocycles. The Morgan fingerprint density at radius 3 is 2.63 bits per heavy atom. The number of anilines is 3. The summed E-state index contributed by atoms with van der Waals surface area (Å²) in [5, 5.41) is 9.90. The van der Waals surface area contributed by atoms with Gasteiger partial charge < -0.3 is 20.9 Å². The van der Waals surface area contributed by atoms with Crippen LogP contribution in [-0.4, -0.2) is 42.7 Å². The zero-order chi connectivity index (χ0) is 21.7. The zero-order valence-corrected chi connectivity index (χ0v) is 19.0. The van der Waals surface area contributed by atoms with E-state index in [0.29, 0.717) is 40.2 Å². The normalized spacial score (nSPS) is 18.6. The molecule has 0 spiro atoms. The predicted molar refractivity (Wildman–Crippen MR) is 124 cm³/mol. The Morgan fingerprint density at radius 2 is 1.93 bits per heavy atom. The third-order valence-electron chi connectivity index (χ3n) is 5.30. The van der Waals surface area contributed by atoms with Gasteiger partial charge in [0.15, 0.2) is 0 Å². The molecule has 0 atom stereocenters. The van der Waals surface area contributed by atoms with Gasteiger partial charge in [-0.25, -0.2) is 9.78 Å². The number of hydrogen-bond acceptors (Lipinski definition) is 5. The molecule has 1 fully saturated rings. The lowest BCUT2D eigenvalue weighted by molar-refractivity contribution is 0.246. The number of hydrogen-bond donors (Lipinski definition) is 3. The summed E-state index contributed by atoms with van der Waals surface area (Å²) in [4.78, 5) is 23.2. The van der Waals surface area contributed by atoms with Crippen molar-refractivity contribution >= 4 is 46.7 Å². The molecule has 0 aliphatic heterocycles. The molecular weight excluding hydrogens is 423 g/mol. The van der Waals surface area contributed by atoms with Crippen molar-refractivity contribution in [3.05, 3.63) is 40.0 Å². The van der Waals surface area contributed by atoms with Crippen LogP contribution in [0.4, 0.5) is 22.2 Å². The van der Waals surface area contributed by atoms with Crippen molar-refractivity contribution in [1.82, 2.24) is 15.3 Å². The highest BCUT2D eigenvalue weighted by atomic mass is 35.5. The van der Waals surface area contributed by atoms with E-state index < -0.39 is 0 Å². The molecule has 0 saturated heterocycles. The van der Waals surface area contributed by atoms with Gasteiger partial charge in [0, 0.05) is 38.4 Å². The van der Waals surface area contributed by atoms with Crippen LogP contribution in [0.3, 0.4) is 0 Å². The van der Waals surface area contributed by atoms with Gasteiger partial charge in [0.05, 0.1) is 15.7 Å². The molecule has 3 rings (SSSR count). The molecule has 3 N–H and O–H groups in total. The Kier molecular flexibility index (Phi) is 7.61. The van der Waals surface area contributed by atoms with Gasteiger partial charge in [-0.05, 0) is 50.7 Å². The van der Waals surface area contributed by atoms with Crippen LogP contribution in [0, 0.1) is 12.8 Å². The van der Waals surface area contributed by atoms with Gasteiger partial charge in [0.2, 0.25) is 5.95 Å². The number of halogens is 2. The van der Waals surface area contributed by atoms with Crippen molar-refractivity contribution in [2.24, 2.45) is 5.92 Å². The lowest BCUT2D eigenvalue weighted by Gasteiger charge is -2.29. The number of amides is 2. The second-order valence-corrected chi connectivity index (χ2v) is 8.68. The smallest absolute Gasteiger partial charge is 0.319 e. The van der Waals surface area contributed by atoms with Crippen molar-refractivity contribution in [2.75, 3.05) is 36.2 Å². The molecule has 7 nitrogen and oxygen atoms in total. The number of benzene rings is 1. The number of carbonyl (C=O) groups excluding carboxylic acids is 1. The Hall–Kier alpha value is -2.25. The van der Waals surface area contributed by atoms with Crippen LogP contribution in [0.25, 0.3) is 0 Å². The molecule has 9 heteroatoms. The molecule has 1 aliphatic rings. The lowest BCUT2D eigenvalue weighted by Crippen LogP contribution is -2.36. The summed E-state index contributed by atoms with van der Waals surface area (Å²) >= 11 is 12.1. The van der Waals surface area contributed by atoms with Gasteiger partial charge in [0.1, 0.15) is 5.82 Å². The fourth-order valence-electron chi connectivity index (χ4n) is 3.65. The first kappa shape index (κ1) is 22.4. The van der Waals surface area contributed by atoms with Gasteiger partial charge in [-0.2, -0.15) is 4.98 Å². The minimum atomic E-state index is -0.274. The van der Waals surface area contributed by atoms with E-state index in [1.807, 2.05) is 32.1 Å². The third-order valence-corrected chi connectivity index (χ3v) is 6.12. The molecule has 0 bridgehead atoms. The van der Waals surface area contributed by atoms with Crippen LogP contribution >= 0.6 is 23.2 Å². The third kappa shape index (κ3) is 5.89. The van der Waals surface area contributed by atoms with E-state index in [1.165, 1.54) is 0 Å². The lowest BCUT2D eigenvalue weighted by atomic mass is 9.86. The monoisotopic (exact) mass is 450 g/mol. The fourth-order valence-corrected chi connectivity index (χ4v) is 4.00. The van der Waals surface area contributed by atoms with E-state index in [0.717, 1.165) is 37.1 Å². The van der Waals surface area contributed by atoms with Crippen molar-refractivity contribution in [3.63, 3.8) is 0 Å². The van der Waals surface area contributed by atoms with E-state index >= 15 is 0 Å². The first-order valence-electron chi connectivity index (χ1n) is 10.1. The van der Waals surface area contributed by atoms with Crippen molar-refractivity contribution in [2.45, 2.75) is 38.6 Å². The summed E-state index contributed by atoms with van der Waals surface area (Å²) in [6.07, 6.45) is 5.95. The Bertz CT molecular complexity index is 884. The van der Waals surface area contributed by atoms with Gasteiger partial charge in [0.25, 0.3) is 0 Å². The molecule has 0 radical (unpaired) electrons. The number of nitrogens with zero attached hydrogens (tertiary/aromatic N) is 3. The number of carbonyl (C=O) groups is 1.